The lowest BCUT2D eigenvalue weighted by molar-refractivity contribution is 0.102. The number of aromatic nitrogens is 1. The van der Waals surface area contributed by atoms with E-state index in [4.69, 9.17) is 4.42 Å². The number of carbonyl (C=O) groups excluding carboxylic acids is 1. The zero-order valence-corrected chi connectivity index (χ0v) is 13.2. The molecule has 1 aromatic heterocycles. The second kappa shape index (κ2) is 5.33. The Kier molecular flexibility index (Phi) is 3.51. The van der Waals surface area contributed by atoms with E-state index in [0.717, 1.165) is 15.6 Å². The Morgan fingerprint density at radius 3 is 2.76 bits per heavy atom. The highest BCUT2D eigenvalue weighted by Gasteiger charge is 2.09. The fourth-order valence-corrected chi connectivity index (χ4v) is 2.80. The molecule has 0 bridgehead atoms. The van der Waals surface area contributed by atoms with E-state index >= 15 is 0 Å². The molecular weight excluding hydrogens is 332 g/mol. The standard InChI is InChI=1S/C16H13BrN2O2/c1-9-5-11(7-12(17)6-9)16(20)19-13-3-4-15-14(8-13)18-10(2)21-15/h3-8H,1-2H3,(H,19,20). The average molecular weight is 345 g/mol. The van der Waals surface area contributed by atoms with Gasteiger partial charge in [-0.1, -0.05) is 15.9 Å². The molecule has 4 nitrogen and oxygen atoms in total. The maximum absolute atomic E-state index is 12.3. The number of carbonyl (C=O) groups is 1. The Bertz CT molecular complexity index is 819. The van der Waals surface area contributed by atoms with Crippen molar-refractivity contribution in [2.45, 2.75) is 13.8 Å². The number of hydrogen-bond acceptors (Lipinski definition) is 3. The third kappa shape index (κ3) is 2.97. The van der Waals surface area contributed by atoms with Gasteiger partial charge in [0.05, 0.1) is 0 Å². The van der Waals surface area contributed by atoms with Crippen LogP contribution >= 0.6 is 15.9 Å². The summed E-state index contributed by atoms with van der Waals surface area (Å²) in [6.45, 7) is 3.74. The minimum Gasteiger partial charge on any atom is -0.441 e. The smallest absolute Gasteiger partial charge is 0.255 e. The lowest BCUT2D eigenvalue weighted by Crippen LogP contribution is -2.12. The van der Waals surface area contributed by atoms with E-state index in [-0.39, 0.29) is 5.91 Å². The van der Waals surface area contributed by atoms with Gasteiger partial charge in [0.2, 0.25) is 0 Å². The van der Waals surface area contributed by atoms with E-state index in [1.807, 2.05) is 19.1 Å². The van der Waals surface area contributed by atoms with Gasteiger partial charge in [-0.05, 0) is 48.9 Å². The Balaban J connectivity index is 1.88. The predicted octanol–water partition coefficient (Wildman–Crippen LogP) is 4.46. The molecule has 0 saturated heterocycles. The molecule has 0 radical (unpaired) electrons. The molecule has 3 rings (SSSR count). The minimum absolute atomic E-state index is 0.154. The van der Waals surface area contributed by atoms with E-state index < -0.39 is 0 Å². The fourth-order valence-electron chi connectivity index (χ4n) is 2.19. The van der Waals surface area contributed by atoms with Crippen LogP contribution in [0.1, 0.15) is 21.8 Å². The van der Waals surface area contributed by atoms with E-state index in [2.05, 4.69) is 26.2 Å². The van der Waals surface area contributed by atoms with Crippen LogP contribution in [0.5, 0.6) is 0 Å². The number of oxazole rings is 1. The van der Waals surface area contributed by atoms with Crippen molar-refractivity contribution in [1.82, 2.24) is 4.98 Å². The zero-order chi connectivity index (χ0) is 15.0. The number of benzene rings is 2. The monoisotopic (exact) mass is 344 g/mol. The van der Waals surface area contributed by atoms with Gasteiger partial charge in [-0.2, -0.15) is 0 Å². The first kappa shape index (κ1) is 13.8. The summed E-state index contributed by atoms with van der Waals surface area (Å²) >= 11 is 3.40. The molecule has 0 fully saturated rings. The summed E-state index contributed by atoms with van der Waals surface area (Å²) in [7, 11) is 0. The number of aryl methyl sites for hydroxylation is 2. The Hall–Kier alpha value is -2.14. The highest BCUT2D eigenvalue weighted by atomic mass is 79.9. The minimum atomic E-state index is -0.154. The number of nitrogens with zero attached hydrogens (tertiary/aromatic N) is 1. The van der Waals surface area contributed by atoms with Gasteiger partial charge in [-0.15, -0.1) is 0 Å². The van der Waals surface area contributed by atoms with E-state index in [1.165, 1.54) is 0 Å². The molecule has 106 valence electrons. The first-order valence-corrected chi connectivity index (χ1v) is 7.26. The van der Waals surface area contributed by atoms with E-state index in [0.29, 0.717) is 22.7 Å². The third-order valence-corrected chi connectivity index (χ3v) is 3.51. The van der Waals surface area contributed by atoms with E-state index in [1.54, 1.807) is 31.2 Å². The molecule has 0 saturated carbocycles. The van der Waals surface area contributed by atoms with Gasteiger partial charge in [0, 0.05) is 22.6 Å². The first-order valence-electron chi connectivity index (χ1n) is 6.47. The highest BCUT2D eigenvalue weighted by molar-refractivity contribution is 9.10. The molecule has 3 aromatic rings. The van der Waals surface area contributed by atoms with Gasteiger partial charge in [0.15, 0.2) is 11.5 Å². The van der Waals surface area contributed by atoms with Crippen molar-refractivity contribution in [3.8, 4) is 0 Å². The van der Waals surface area contributed by atoms with Crippen molar-refractivity contribution in [2.75, 3.05) is 5.32 Å². The zero-order valence-electron chi connectivity index (χ0n) is 11.6. The summed E-state index contributed by atoms with van der Waals surface area (Å²) in [6.07, 6.45) is 0. The maximum atomic E-state index is 12.3. The van der Waals surface area contributed by atoms with Crippen molar-refractivity contribution in [2.24, 2.45) is 0 Å². The molecule has 1 heterocycles. The number of halogens is 1. The molecule has 0 unspecified atom stereocenters. The molecule has 0 atom stereocenters. The lowest BCUT2D eigenvalue weighted by Gasteiger charge is -2.06. The summed E-state index contributed by atoms with van der Waals surface area (Å²) in [5, 5.41) is 2.87. The number of nitrogens with one attached hydrogen (secondary N) is 1. The van der Waals surface area contributed by atoms with Crippen LogP contribution in [0.25, 0.3) is 11.1 Å². The van der Waals surface area contributed by atoms with Crippen LogP contribution in [0.15, 0.2) is 45.3 Å². The third-order valence-electron chi connectivity index (χ3n) is 3.06. The average Bonchev–Trinajstić information content (AvgIpc) is 2.77. The van der Waals surface area contributed by atoms with Crippen LogP contribution in [0.4, 0.5) is 5.69 Å². The molecule has 1 N–H and O–H groups in total. The number of fused-ring (bicyclic) bond motifs is 1. The van der Waals surface area contributed by atoms with Gasteiger partial charge < -0.3 is 9.73 Å². The summed E-state index contributed by atoms with van der Waals surface area (Å²) < 4.78 is 6.30. The van der Waals surface area contributed by atoms with Crippen LogP contribution in [-0.4, -0.2) is 10.9 Å². The molecule has 5 heteroatoms. The molecule has 2 aromatic carbocycles. The molecular formula is C16H13BrN2O2. The molecule has 1 amide bonds. The SMILES string of the molecule is Cc1cc(Br)cc(C(=O)Nc2ccc3oc(C)nc3c2)c1. The Labute approximate surface area is 130 Å². The number of hydrogen-bond donors (Lipinski definition) is 1. The molecule has 0 spiro atoms. The number of anilines is 1. The first-order chi connectivity index (χ1) is 10.0. The molecule has 0 aliphatic carbocycles. The highest BCUT2D eigenvalue weighted by Crippen LogP contribution is 2.21. The summed E-state index contributed by atoms with van der Waals surface area (Å²) in [5.41, 5.74) is 3.77. The molecule has 0 aliphatic heterocycles. The number of rotatable bonds is 2. The summed E-state index contributed by atoms with van der Waals surface area (Å²) in [5.74, 6) is 0.454. The van der Waals surface area contributed by atoms with Crippen molar-refractivity contribution in [3.63, 3.8) is 0 Å². The topological polar surface area (TPSA) is 55.1 Å². The van der Waals surface area contributed by atoms with Crippen LogP contribution in [0.3, 0.4) is 0 Å². The van der Waals surface area contributed by atoms with Gasteiger partial charge >= 0.3 is 0 Å². The number of amides is 1. The van der Waals surface area contributed by atoms with Gasteiger partial charge in [-0.25, -0.2) is 4.98 Å². The van der Waals surface area contributed by atoms with Crippen LogP contribution in [0.2, 0.25) is 0 Å². The van der Waals surface area contributed by atoms with Gasteiger partial charge in [0.25, 0.3) is 5.91 Å². The summed E-state index contributed by atoms with van der Waals surface area (Å²) in [6, 6.07) is 11.0. The van der Waals surface area contributed by atoms with Crippen LogP contribution in [-0.2, 0) is 0 Å². The van der Waals surface area contributed by atoms with Crippen LogP contribution in [0, 0.1) is 13.8 Å². The summed E-state index contributed by atoms with van der Waals surface area (Å²) in [4.78, 5) is 16.5. The predicted molar refractivity (Wildman–Crippen MR) is 85.6 cm³/mol. The largest absolute Gasteiger partial charge is 0.441 e. The fraction of sp³-hybridized carbons (Fsp3) is 0.125. The van der Waals surface area contributed by atoms with Gasteiger partial charge in [-0.3, -0.25) is 4.79 Å². The van der Waals surface area contributed by atoms with Crippen molar-refractivity contribution in [3.05, 3.63) is 57.9 Å². The maximum Gasteiger partial charge on any atom is 0.255 e. The van der Waals surface area contributed by atoms with Crippen molar-refractivity contribution >= 4 is 38.6 Å². The second-order valence-corrected chi connectivity index (χ2v) is 5.80. The van der Waals surface area contributed by atoms with E-state index in [9.17, 15) is 4.79 Å². The van der Waals surface area contributed by atoms with Gasteiger partial charge in [0.1, 0.15) is 5.52 Å². The van der Waals surface area contributed by atoms with Crippen LogP contribution < -0.4 is 5.32 Å². The Morgan fingerprint density at radius 1 is 1.19 bits per heavy atom. The molecule has 0 aliphatic rings. The quantitative estimate of drug-likeness (QED) is 0.746. The van der Waals surface area contributed by atoms with Crippen molar-refractivity contribution < 1.29 is 9.21 Å². The Morgan fingerprint density at radius 2 is 2.00 bits per heavy atom. The van der Waals surface area contributed by atoms with Crippen molar-refractivity contribution in [1.29, 1.82) is 0 Å². The second-order valence-electron chi connectivity index (χ2n) is 4.89. The normalized spacial score (nSPS) is 10.8. The lowest BCUT2D eigenvalue weighted by atomic mass is 10.1. The molecule has 21 heavy (non-hydrogen) atoms.